The molecule has 0 bridgehead atoms. The molecule has 1 fully saturated rings. The zero-order chi connectivity index (χ0) is 17.6. The number of benzene rings is 1. The molecule has 0 radical (unpaired) electrons. The van der Waals surface area contributed by atoms with Gasteiger partial charge in [-0.25, -0.2) is 0 Å². The lowest BCUT2D eigenvalue weighted by Gasteiger charge is -2.20. The maximum Gasteiger partial charge on any atom is 0.251 e. The summed E-state index contributed by atoms with van der Waals surface area (Å²) in [4.78, 5) is 24.0. The van der Waals surface area contributed by atoms with Gasteiger partial charge in [0.15, 0.2) is 0 Å². The number of hydrogen-bond acceptors (Lipinski definition) is 4. The van der Waals surface area contributed by atoms with E-state index in [1.807, 2.05) is 26.8 Å². The predicted molar refractivity (Wildman–Crippen MR) is 94.1 cm³/mol. The minimum Gasteiger partial charge on any atom is -0.376 e. The molecule has 2 rings (SSSR count). The van der Waals surface area contributed by atoms with Crippen LogP contribution < -0.4 is 16.0 Å². The Morgan fingerprint density at radius 1 is 1.29 bits per heavy atom. The monoisotopic (exact) mass is 333 g/mol. The Hall–Kier alpha value is -2.08. The lowest BCUT2D eigenvalue weighted by Crippen LogP contribution is -2.43. The molecule has 1 aromatic carbocycles. The fraction of sp³-hybridized carbons (Fsp3) is 0.556. The second kappa shape index (κ2) is 8.15. The van der Waals surface area contributed by atoms with Gasteiger partial charge in [-0.3, -0.25) is 9.59 Å². The van der Waals surface area contributed by atoms with E-state index in [-0.39, 0.29) is 30.0 Å². The molecule has 1 atom stereocenters. The number of amides is 2. The van der Waals surface area contributed by atoms with Crippen LogP contribution in [0.25, 0.3) is 0 Å². The van der Waals surface area contributed by atoms with Crippen LogP contribution in [0.2, 0.25) is 0 Å². The molecule has 24 heavy (non-hydrogen) atoms. The third-order valence-electron chi connectivity index (χ3n) is 3.61. The molecule has 6 heteroatoms. The number of ether oxygens (including phenoxy) is 1. The van der Waals surface area contributed by atoms with Crippen molar-refractivity contribution >= 4 is 17.5 Å². The Morgan fingerprint density at radius 2 is 2.08 bits per heavy atom. The van der Waals surface area contributed by atoms with Crippen LogP contribution in [0.4, 0.5) is 5.69 Å². The van der Waals surface area contributed by atoms with Crippen molar-refractivity contribution in [1.29, 1.82) is 0 Å². The first-order valence-electron chi connectivity index (χ1n) is 8.38. The van der Waals surface area contributed by atoms with E-state index in [1.54, 1.807) is 18.2 Å². The van der Waals surface area contributed by atoms with Crippen molar-refractivity contribution in [3.8, 4) is 0 Å². The van der Waals surface area contributed by atoms with Gasteiger partial charge in [0.25, 0.3) is 5.91 Å². The predicted octanol–water partition coefficient (Wildman–Crippen LogP) is 1.92. The summed E-state index contributed by atoms with van der Waals surface area (Å²) in [6.45, 7) is 7.27. The van der Waals surface area contributed by atoms with Crippen LogP contribution in [0.15, 0.2) is 24.3 Å². The first-order valence-corrected chi connectivity index (χ1v) is 8.38. The van der Waals surface area contributed by atoms with Gasteiger partial charge in [-0.05, 0) is 51.8 Å². The largest absolute Gasteiger partial charge is 0.376 e. The topological polar surface area (TPSA) is 79.5 Å². The summed E-state index contributed by atoms with van der Waals surface area (Å²) >= 11 is 0. The zero-order valence-corrected chi connectivity index (χ0v) is 14.6. The number of anilines is 1. The smallest absolute Gasteiger partial charge is 0.251 e. The Labute approximate surface area is 143 Å². The lowest BCUT2D eigenvalue weighted by molar-refractivity contribution is -0.120. The summed E-state index contributed by atoms with van der Waals surface area (Å²) in [6, 6.07) is 7.13. The second-order valence-electron chi connectivity index (χ2n) is 7.08. The average molecular weight is 333 g/mol. The highest BCUT2D eigenvalue weighted by atomic mass is 16.5. The van der Waals surface area contributed by atoms with Gasteiger partial charge in [-0.15, -0.1) is 0 Å². The summed E-state index contributed by atoms with van der Waals surface area (Å²) in [5.74, 6) is -0.218. The van der Waals surface area contributed by atoms with Crippen LogP contribution in [0.5, 0.6) is 0 Å². The van der Waals surface area contributed by atoms with Crippen molar-refractivity contribution in [3.05, 3.63) is 29.8 Å². The molecule has 1 aliphatic rings. The van der Waals surface area contributed by atoms with Crippen molar-refractivity contribution in [2.45, 2.75) is 45.3 Å². The quantitative estimate of drug-likeness (QED) is 0.743. The minimum absolute atomic E-state index is 0.0873. The van der Waals surface area contributed by atoms with Gasteiger partial charge in [0.05, 0.1) is 12.6 Å². The first-order chi connectivity index (χ1) is 11.3. The van der Waals surface area contributed by atoms with E-state index < -0.39 is 0 Å². The van der Waals surface area contributed by atoms with Gasteiger partial charge in [-0.2, -0.15) is 0 Å². The van der Waals surface area contributed by atoms with Gasteiger partial charge in [-0.1, -0.05) is 6.07 Å². The number of rotatable bonds is 6. The normalized spacial score (nSPS) is 17.4. The third-order valence-corrected chi connectivity index (χ3v) is 3.61. The van der Waals surface area contributed by atoms with Crippen LogP contribution in [0.1, 0.15) is 44.0 Å². The molecule has 3 N–H and O–H groups in total. The SMILES string of the molecule is CC(C)(C)NC(=O)CNc1cccc(C(=O)NCC2CCCO2)c1. The highest BCUT2D eigenvalue weighted by Gasteiger charge is 2.17. The zero-order valence-electron chi connectivity index (χ0n) is 14.6. The van der Waals surface area contributed by atoms with Crippen molar-refractivity contribution in [3.63, 3.8) is 0 Å². The van der Waals surface area contributed by atoms with E-state index in [9.17, 15) is 9.59 Å². The molecule has 6 nitrogen and oxygen atoms in total. The summed E-state index contributed by atoms with van der Waals surface area (Å²) in [6.07, 6.45) is 2.16. The van der Waals surface area contributed by atoms with Crippen LogP contribution in [0.3, 0.4) is 0 Å². The van der Waals surface area contributed by atoms with Crippen LogP contribution in [-0.4, -0.2) is 43.2 Å². The molecule has 1 aromatic rings. The van der Waals surface area contributed by atoms with Gasteiger partial charge < -0.3 is 20.7 Å². The molecule has 1 saturated heterocycles. The Bertz CT molecular complexity index is 575. The van der Waals surface area contributed by atoms with Crippen molar-refractivity contribution in [2.75, 3.05) is 25.0 Å². The van der Waals surface area contributed by atoms with E-state index in [0.29, 0.717) is 12.1 Å². The van der Waals surface area contributed by atoms with E-state index in [0.717, 1.165) is 25.1 Å². The highest BCUT2D eigenvalue weighted by molar-refractivity contribution is 5.95. The van der Waals surface area contributed by atoms with Crippen LogP contribution in [0, 0.1) is 0 Å². The summed E-state index contributed by atoms with van der Waals surface area (Å²) in [7, 11) is 0. The average Bonchev–Trinajstić information content (AvgIpc) is 3.02. The second-order valence-corrected chi connectivity index (χ2v) is 7.08. The van der Waals surface area contributed by atoms with Crippen LogP contribution in [-0.2, 0) is 9.53 Å². The number of carbonyl (C=O) groups is 2. The molecule has 0 aliphatic carbocycles. The van der Waals surface area contributed by atoms with Gasteiger partial charge in [0.2, 0.25) is 5.91 Å². The molecule has 132 valence electrons. The van der Waals surface area contributed by atoms with E-state index in [2.05, 4.69) is 16.0 Å². The Balaban J connectivity index is 1.83. The molecule has 2 amide bonds. The summed E-state index contributed by atoms with van der Waals surface area (Å²) in [5, 5.41) is 8.82. The molecule has 0 aromatic heterocycles. The van der Waals surface area contributed by atoms with Crippen molar-refractivity contribution < 1.29 is 14.3 Å². The van der Waals surface area contributed by atoms with Gasteiger partial charge in [0.1, 0.15) is 0 Å². The summed E-state index contributed by atoms with van der Waals surface area (Å²) in [5.41, 5.74) is 1.04. The van der Waals surface area contributed by atoms with Crippen LogP contribution >= 0.6 is 0 Å². The molecule has 1 aliphatic heterocycles. The van der Waals surface area contributed by atoms with E-state index in [4.69, 9.17) is 4.74 Å². The van der Waals surface area contributed by atoms with E-state index in [1.165, 1.54) is 0 Å². The van der Waals surface area contributed by atoms with Gasteiger partial charge >= 0.3 is 0 Å². The summed E-state index contributed by atoms with van der Waals surface area (Å²) < 4.78 is 5.50. The molecule has 0 saturated carbocycles. The van der Waals surface area contributed by atoms with E-state index >= 15 is 0 Å². The van der Waals surface area contributed by atoms with Crippen molar-refractivity contribution in [2.24, 2.45) is 0 Å². The molecule has 1 unspecified atom stereocenters. The Morgan fingerprint density at radius 3 is 2.75 bits per heavy atom. The van der Waals surface area contributed by atoms with Crippen molar-refractivity contribution in [1.82, 2.24) is 10.6 Å². The first kappa shape index (κ1) is 18.3. The molecular weight excluding hydrogens is 306 g/mol. The highest BCUT2D eigenvalue weighted by Crippen LogP contribution is 2.13. The fourth-order valence-electron chi connectivity index (χ4n) is 2.53. The minimum atomic E-state index is -0.261. The number of nitrogens with one attached hydrogen (secondary N) is 3. The lowest BCUT2D eigenvalue weighted by atomic mass is 10.1. The molecular formula is C18H27N3O3. The molecule has 0 spiro atoms. The molecule has 1 heterocycles. The maximum absolute atomic E-state index is 12.2. The number of carbonyl (C=O) groups excluding carboxylic acids is 2. The fourth-order valence-corrected chi connectivity index (χ4v) is 2.53. The maximum atomic E-state index is 12.2. The third kappa shape index (κ3) is 6.20. The van der Waals surface area contributed by atoms with Gasteiger partial charge in [0, 0.05) is 29.9 Å². The Kier molecular flexibility index (Phi) is 6.20. The number of hydrogen-bond donors (Lipinski definition) is 3. The standard InChI is InChI=1S/C18H27N3O3/c1-18(2,3)21-16(22)12-19-14-7-4-6-13(10-14)17(23)20-11-15-8-5-9-24-15/h4,6-7,10,15,19H,5,8-9,11-12H2,1-3H3,(H,20,23)(H,21,22).